The molecule has 1 saturated heterocycles. The van der Waals surface area contributed by atoms with Gasteiger partial charge < -0.3 is 5.11 Å². The number of hydrogen-bond acceptors (Lipinski definition) is 3. The number of piperidine rings is 1. The minimum absolute atomic E-state index is 0.179. The zero-order chi connectivity index (χ0) is 16.2. The molecule has 0 radical (unpaired) electrons. The molecule has 1 N–H and O–H groups in total. The molecule has 0 aliphatic carbocycles. The van der Waals surface area contributed by atoms with Crippen LogP contribution < -0.4 is 0 Å². The highest BCUT2D eigenvalue weighted by molar-refractivity contribution is 5.18. The number of halogens is 1. The lowest BCUT2D eigenvalue weighted by Crippen LogP contribution is -2.43. The van der Waals surface area contributed by atoms with E-state index in [0.717, 1.165) is 43.7 Å². The summed E-state index contributed by atoms with van der Waals surface area (Å²) in [6, 6.07) is 10.6. The molecule has 0 amide bonds. The van der Waals surface area contributed by atoms with Crippen molar-refractivity contribution in [2.24, 2.45) is 5.92 Å². The third kappa shape index (κ3) is 4.15. The van der Waals surface area contributed by atoms with Gasteiger partial charge in [-0.2, -0.15) is 0 Å². The number of benzene rings is 1. The highest BCUT2D eigenvalue weighted by atomic mass is 19.1. The Bertz CT molecular complexity index is 644. The predicted molar refractivity (Wildman–Crippen MR) is 88.5 cm³/mol. The van der Waals surface area contributed by atoms with Crippen molar-refractivity contribution in [3.8, 4) is 0 Å². The van der Waals surface area contributed by atoms with Crippen LogP contribution in [0.2, 0.25) is 0 Å². The lowest BCUT2D eigenvalue weighted by atomic mass is 9.88. The molecule has 1 aliphatic rings. The molecule has 2 atom stereocenters. The molecule has 1 aromatic carbocycles. The summed E-state index contributed by atoms with van der Waals surface area (Å²) in [7, 11) is 0. The number of pyridine rings is 1. The summed E-state index contributed by atoms with van der Waals surface area (Å²) in [5.74, 6) is -0.0385. The second kappa shape index (κ2) is 7.20. The van der Waals surface area contributed by atoms with Gasteiger partial charge in [0.05, 0.1) is 11.8 Å². The fraction of sp³-hybridized carbons (Fsp3) is 0.421. The van der Waals surface area contributed by atoms with Gasteiger partial charge in [0.25, 0.3) is 0 Å². The highest BCUT2D eigenvalue weighted by Crippen LogP contribution is 2.23. The third-order valence-electron chi connectivity index (χ3n) is 4.68. The van der Waals surface area contributed by atoms with Gasteiger partial charge in [-0.25, -0.2) is 4.39 Å². The van der Waals surface area contributed by atoms with Crippen LogP contribution in [0.15, 0.2) is 42.6 Å². The van der Waals surface area contributed by atoms with Crippen molar-refractivity contribution in [3.63, 3.8) is 0 Å². The number of hydrogen-bond donors (Lipinski definition) is 1. The van der Waals surface area contributed by atoms with Crippen LogP contribution in [0.4, 0.5) is 4.39 Å². The van der Waals surface area contributed by atoms with Crippen molar-refractivity contribution >= 4 is 0 Å². The lowest BCUT2D eigenvalue weighted by Gasteiger charge is -2.36. The summed E-state index contributed by atoms with van der Waals surface area (Å²) in [5, 5.41) is 10.3. The number of aliphatic hydroxyl groups excluding tert-OH is 1. The Morgan fingerprint density at radius 3 is 2.78 bits per heavy atom. The largest absolute Gasteiger partial charge is 0.393 e. The summed E-state index contributed by atoms with van der Waals surface area (Å²) < 4.78 is 13.0. The van der Waals surface area contributed by atoms with Crippen LogP contribution in [0, 0.1) is 18.7 Å². The number of aromatic nitrogens is 1. The number of likely N-dealkylation sites (tertiary alicyclic amines) is 1. The molecule has 2 aromatic rings. The van der Waals surface area contributed by atoms with E-state index >= 15 is 0 Å². The van der Waals surface area contributed by atoms with Crippen LogP contribution in [-0.4, -0.2) is 34.2 Å². The van der Waals surface area contributed by atoms with E-state index in [9.17, 15) is 9.50 Å². The normalized spacial score (nSPS) is 22.2. The molecule has 4 heteroatoms. The zero-order valence-corrected chi connectivity index (χ0v) is 13.5. The lowest BCUT2D eigenvalue weighted by molar-refractivity contribution is 0.0234. The topological polar surface area (TPSA) is 36.4 Å². The number of aliphatic hydroxyl groups is 1. The SMILES string of the molecule is Cc1cccnc1CN1CC[C@H](O)[C@H](Cc2ccc(F)cc2)C1. The van der Waals surface area contributed by atoms with E-state index in [-0.39, 0.29) is 17.8 Å². The van der Waals surface area contributed by atoms with Crippen LogP contribution in [0.3, 0.4) is 0 Å². The fourth-order valence-electron chi connectivity index (χ4n) is 3.26. The summed E-state index contributed by atoms with van der Waals surface area (Å²) in [4.78, 5) is 6.82. The first-order valence-corrected chi connectivity index (χ1v) is 8.17. The Morgan fingerprint density at radius 1 is 1.26 bits per heavy atom. The van der Waals surface area contributed by atoms with Crippen molar-refractivity contribution in [2.75, 3.05) is 13.1 Å². The Hall–Kier alpha value is -1.78. The van der Waals surface area contributed by atoms with E-state index in [1.54, 1.807) is 0 Å². The molecule has 0 bridgehead atoms. The van der Waals surface area contributed by atoms with Crippen LogP contribution >= 0.6 is 0 Å². The Balaban J connectivity index is 1.64. The average Bonchev–Trinajstić information content (AvgIpc) is 2.55. The Kier molecular flexibility index (Phi) is 5.03. The molecule has 0 saturated carbocycles. The summed E-state index contributed by atoms with van der Waals surface area (Å²) in [5.41, 5.74) is 3.38. The molecular weight excluding hydrogens is 291 g/mol. The molecule has 2 heterocycles. The number of nitrogens with zero attached hydrogens (tertiary/aromatic N) is 2. The minimum Gasteiger partial charge on any atom is -0.393 e. The van der Waals surface area contributed by atoms with Crippen LogP contribution in [0.25, 0.3) is 0 Å². The number of aryl methyl sites for hydroxylation is 1. The number of rotatable bonds is 4. The van der Waals surface area contributed by atoms with Gasteiger partial charge in [0.2, 0.25) is 0 Å². The predicted octanol–water partition coefficient (Wildman–Crippen LogP) is 2.95. The highest BCUT2D eigenvalue weighted by Gasteiger charge is 2.28. The molecule has 23 heavy (non-hydrogen) atoms. The zero-order valence-electron chi connectivity index (χ0n) is 13.5. The maximum atomic E-state index is 13.0. The van der Waals surface area contributed by atoms with E-state index in [0.29, 0.717) is 0 Å². The molecule has 3 nitrogen and oxygen atoms in total. The smallest absolute Gasteiger partial charge is 0.123 e. The Labute approximate surface area is 136 Å². The van der Waals surface area contributed by atoms with E-state index in [1.807, 2.05) is 24.4 Å². The summed E-state index contributed by atoms with van der Waals surface area (Å²) in [6.45, 7) is 4.63. The first-order chi connectivity index (χ1) is 11.1. The maximum absolute atomic E-state index is 13.0. The molecule has 122 valence electrons. The Morgan fingerprint density at radius 2 is 2.04 bits per heavy atom. The van der Waals surface area contributed by atoms with E-state index in [1.165, 1.54) is 17.7 Å². The van der Waals surface area contributed by atoms with Gasteiger partial charge in [-0.15, -0.1) is 0 Å². The molecule has 1 aromatic heterocycles. The average molecular weight is 314 g/mol. The van der Waals surface area contributed by atoms with E-state index in [2.05, 4.69) is 22.9 Å². The van der Waals surface area contributed by atoms with Gasteiger partial charge in [-0.05, 0) is 49.1 Å². The van der Waals surface area contributed by atoms with Crippen molar-refractivity contribution in [1.82, 2.24) is 9.88 Å². The molecule has 3 rings (SSSR count). The maximum Gasteiger partial charge on any atom is 0.123 e. The van der Waals surface area contributed by atoms with Crippen LogP contribution in [0.1, 0.15) is 23.2 Å². The quantitative estimate of drug-likeness (QED) is 0.942. The van der Waals surface area contributed by atoms with Crippen LogP contribution in [0.5, 0.6) is 0 Å². The third-order valence-corrected chi connectivity index (χ3v) is 4.68. The second-order valence-electron chi connectivity index (χ2n) is 6.45. The van der Waals surface area contributed by atoms with E-state index < -0.39 is 0 Å². The molecule has 1 fully saturated rings. The van der Waals surface area contributed by atoms with Gasteiger partial charge in [-0.1, -0.05) is 18.2 Å². The van der Waals surface area contributed by atoms with Gasteiger partial charge >= 0.3 is 0 Å². The van der Waals surface area contributed by atoms with Crippen molar-refractivity contribution in [3.05, 3.63) is 65.2 Å². The first-order valence-electron chi connectivity index (χ1n) is 8.17. The standard InChI is InChI=1S/C19H23FN2O/c1-14-3-2-9-21-18(14)13-22-10-8-19(23)16(12-22)11-15-4-6-17(20)7-5-15/h2-7,9,16,19,23H,8,10-13H2,1H3/t16-,19+/m1/s1. The van der Waals surface area contributed by atoms with Gasteiger partial charge in [0, 0.05) is 31.7 Å². The van der Waals surface area contributed by atoms with Crippen molar-refractivity contribution < 1.29 is 9.50 Å². The fourth-order valence-corrected chi connectivity index (χ4v) is 3.26. The van der Waals surface area contributed by atoms with Crippen molar-refractivity contribution in [2.45, 2.75) is 32.4 Å². The second-order valence-corrected chi connectivity index (χ2v) is 6.45. The van der Waals surface area contributed by atoms with Crippen LogP contribution in [-0.2, 0) is 13.0 Å². The monoisotopic (exact) mass is 314 g/mol. The van der Waals surface area contributed by atoms with Gasteiger partial charge in [-0.3, -0.25) is 9.88 Å². The molecule has 0 spiro atoms. The molecular formula is C19H23FN2O. The van der Waals surface area contributed by atoms with Gasteiger partial charge in [0.15, 0.2) is 0 Å². The van der Waals surface area contributed by atoms with Crippen molar-refractivity contribution in [1.29, 1.82) is 0 Å². The minimum atomic E-state index is -0.291. The first kappa shape index (κ1) is 16.1. The van der Waals surface area contributed by atoms with E-state index in [4.69, 9.17) is 0 Å². The summed E-state index contributed by atoms with van der Waals surface area (Å²) in [6.07, 6.45) is 3.09. The summed E-state index contributed by atoms with van der Waals surface area (Å²) >= 11 is 0. The molecule has 0 unspecified atom stereocenters. The van der Waals surface area contributed by atoms with Gasteiger partial charge in [0.1, 0.15) is 5.82 Å². The molecule has 1 aliphatic heterocycles.